The molecule has 0 amide bonds. The average Bonchev–Trinajstić information content (AvgIpc) is 2.62. The molecule has 1 aromatic rings. The molecule has 2 rings (SSSR count). The lowest BCUT2D eigenvalue weighted by atomic mass is 10.0. The Morgan fingerprint density at radius 2 is 2.04 bits per heavy atom. The molecule has 7 heteroatoms. The van der Waals surface area contributed by atoms with Crippen molar-refractivity contribution >= 4 is 29.9 Å². The zero-order chi connectivity index (χ0) is 18.1. The molecule has 0 aliphatic carbocycles. The molecule has 1 unspecified atom stereocenters. The number of morpholine rings is 1. The molecule has 0 spiro atoms. The van der Waals surface area contributed by atoms with E-state index in [9.17, 15) is 0 Å². The Kier molecular flexibility index (Phi) is 11.1. The minimum Gasteiger partial charge on any atom is -0.379 e. The highest BCUT2D eigenvalue weighted by Crippen LogP contribution is 2.12. The number of aliphatic imine (C=N–C) groups is 1. The molecule has 6 nitrogen and oxygen atoms in total. The van der Waals surface area contributed by atoms with E-state index in [0.29, 0.717) is 12.0 Å². The van der Waals surface area contributed by atoms with Crippen molar-refractivity contribution < 1.29 is 4.74 Å². The van der Waals surface area contributed by atoms with Gasteiger partial charge in [-0.15, -0.1) is 24.0 Å². The summed E-state index contributed by atoms with van der Waals surface area (Å²) in [6.45, 7) is 12.1. The van der Waals surface area contributed by atoms with Crippen LogP contribution in [0, 0.1) is 12.8 Å². The van der Waals surface area contributed by atoms with Gasteiger partial charge < -0.3 is 15.4 Å². The number of hydrogen-bond donors (Lipinski definition) is 2. The van der Waals surface area contributed by atoms with Crippen molar-refractivity contribution in [3.8, 4) is 0 Å². The van der Waals surface area contributed by atoms with E-state index in [1.165, 1.54) is 11.1 Å². The summed E-state index contributed by atoms with van der Waals surface area (Å²) in [5.74, 6) is 1.45. The molecule has 2 N–H and O–H groups in total. The molecule has 0 bridgehead atoms. The van der Waals surface area contributed by atoms with Crippen LogP contribution in [0.3, 0.4) is 0 Å². The van der Waals surface area contributed by atoms with Crippen LogP contribution >= 0.6 is 24.0 Å². The van der Waals surface area contributed by atoms with E-state index in [0.717, 1.165) is 51.8 Å². The minimum absolute atomic E-state index is 0. The predicted molar refractivity (Wildman–Crippen MR) is 118 cm³/mol. The van der Waals surface area contributed by atoms with E-state index in [1.54, 1.807) is 0 Å². The molecule has 26 heavy (non-hydrogen) atoms. The Balaban J connectivity index is 0.00000338. The third kappa shape index (κ3) is 7.36. The number of hydrogen-bond acceptors (Lipinski definition) is 4. The third-order valence-electron chi connectivity index (χ3n) is 4.81. The van der Waals surface area contributed by atoms with Crippen molar-refractivity contribution in [3.05, 3.63) is 29.6 Å². The van der Waals surface area contributed by atoms with Gasteiger partial charge in [-0.3, -0.25) is 14.9 Å². The molecule has 0 aromatic carbocycles. The maximum absolute atomic E-state index is 5.48. The molecule has 1 atom stereocenters. The van der Waals surface area contributed by atoms with Crippen LogP contribution in [-0.4, -0.2) is 68.3 Å². The van der Waals surface area contributed by atoms with Crippen molar-refractivity contribution in [2.75, 3.05) is 46.4 Å². The number of halogens is 1. The van der Waals surface area contributed by atoms with Gasteiger partial charge in [0.05, 0.1) is 13.2 Å². The second-order valence-corrected chi connectivity index (χ2v) is 6.89. The largest absolute Gasteiger partial charge is 0.379 e. The number of nitrogens with one attached hydrogen (secondary N) is 2. The van der Waals surface area contributed by atoms with Gasteiger partial charge in [0, 0.05) is 51.7 Å². The number of ether oxygens (including phenoxy) is 1. The summed E-state index contributed by atoms with van der Waals surface area (Å²) in [6, 6.07) is 2.57. The lowest BCUT2D eigenvalue weighted by Crippen LogP contribution is -2.52. The van der Waals surface area contributed by atoms with Crippen LogP contribution < -0.4 is 10.6 Å². The third-order valence-corrected chi connectivity index (χ3v) is 4.81. The zero-order valence-electron chi connectivity index (χ0n) is 16.5. The van der Waals surface area contributed by atoms with E-state index in [4.69, 9.17) is 4.74 Å². The fourth-order valence-corrected chi connectivity index (χ4v) is 3.22. The highest BCUT2D eigenvalue weighted by atomic mass is 127. The van der Waals surface area contributed by atoms with Crippen molar-refractivity contribution in [2.45, 2.75) is 33.2 Å². The summed E-state index contributed by atoms with van der Waals surface area (Å²) in [6.07, 6.45) is 4.73. The first-order chi connectivity index (χ1) is 12.1. The van der Waals surface area contributed by atoms with E-state index >= 15 is 0 Å². The normalized spacial score (nSPS) is 16.9. The van der Waals surface area contributed by atoms with E-state index in [2.05, 4.69) is 52.3 Å². The fraction of sp³-hybridized carbons (Fsp3) is 0.684. The highest BCUT2D eigenvalue weighted by Gasteiger charge is 2.23. The van der Waals surface area contributed by atoms with Gasteiger partial charge in [-0.2, -0.15) is 0 Å². The van der Waals surface area contributed by atoms with E-state index in [1.807, 2.05) is 19.4 Å². The van der Waals surface area contributed by atoms with Crippen LogP contribution in [0.4, 0.5) is 0 Å². The number of rotatable bonds is 7. The van der Waals surface area contributed by atoms with Gasteiger partial charge >= 0.3 is 0 Å². The summed E-state index contributed by atoms with van der Waals surface area (Å²) >= 11 is 0. The Morgan fingerprint density at radius 1 is 1.31 bits per heavy atom. The SMILES string of the molecule is CN=C(NCCc1ccncc1C)NCC(C(C)C)N1CCOCC1.I. The molecular formula is C19H34IN5O. The van der Waals surface area contributed by atoms with Crippen molar-refractivity contribution in [1.29, 1.82) is 0 Å². The topological polar surface area (TPSA) is 61.8 Å². The lowest BCUT2D eigenvalue weighted by molar-refractivity contribution is 0.00752. The maximum Gasteiger partial charge on any atom is 0.191 e. The van der Waals surface area contributed by atoms with Gasteiger partial charge in [0.25, 0.3) is 0 Å². The van der Waals surface area contributed by atoms with Crippen LogP contribution in [0.15, 0.2) is 23.5 Å². The molecule has 1 aliphatic rings. The van der Waals surface area contributed by atoms with Crippen molar-refractivity contribution in [2.24, 2.45) is 10.9 Å². The standard InChI is InChI=1S/C19H33N5O.HI/c1-15(2)18(24-9-11-25-12-10-24)14-23-19(20-4)22-8-6-17-5-7-21-13-16(17)3;/h5,7,13,15,18H,6,8-12,14H2,1-4H3,(H2,20,22,23);1H. The Bertz CT molecular complexity index is 546. The number of aromatic nitrogens is 1. The monoisotopic (exact) mass is 475 g/mol. The van der Waals surface area contributed by atoms with E-state index in [-0.39, 0.29) is 24.0 Å². The number of aryl methyl sites for hydroxylation is 1. The fourth-order valence-electron chi connectivity index (χ4n) is 3.22. The Hall–Kier alpha value is -0.930. The van der Waals surface area contributed by atoms with Crippen LogP contribution in [-0.2, 0) is 11.2 Å². The van der Waals surface area contributed by atoms with Gasteiger partial charge in [0.1, 0.15) is 0 Å². The second-order valence-electron chi connectivity index (χ2n) is 6.89. The molecule has 148 valence electrons. The number of guanidine groups is 1. The second kappa shape index (κ2) is 12.5. The van der Waals surface area contributed by atoms with Crippen LogP contribution in [0.25, 0.3) is 0 Å². The maximum atomic E-state index is 5.48. The first-order valence-electron chi connectivity index (χ1n) is 9.27. The molecule has 0 radical (unpaired) electrons. The van der Waals surface area contributed by atoms with Crippen molar-refractivity contribution in [3.63, 3.8) is 0 Å². The Labute approximate surface area is 175 Å². The number of pyridine rings is 1. The van der Waals surface area contributed by atoms with Crippen LogP contribution in [0.2, 0.25) is 0 Å². The first-order valence-corrected chi connectivity index (χ1v) is 9.27. The summed E-state index contributed by atoms with van der Waals surface area (Å²) in [7, 11) is 1.83. The molecule has 0 saturated carbocycles. The van der Waals surface area contributed by atoms with Gasteiger partial charge in [0.15, 0.2) is 5.96 Å². The van der Waals surface area contributed by atoms with Crippen LogP contribution in [0.5, 0.6) is 0 Å². The first kappa shape index (κ1) is 23.1. The minimum atomic E-state index is 0. The predicted octanol–water partition coefficient (Wildman–Crippen LogP) is 2.07. The summed E-state index contributed by atoms with van der Waals surface area (Å²) in [4.78, 5) is 11.0. The van der Waals surface area contributed by atoms with E-state index < -0.39 is 0 Å². The zero-order valence-corrected chi connectivity index (χ0v) is 18.8. The average molecular weight is 475 g/mol. The Morgan fingerprint density at radius 3 is 2.65 bits per heavy atom. The molecule has 1 aliphatic heterocycles. The smallest absolute Gasteiger partial charge is 0.191 e. The van der Waals surface area contributed by atoms with Crippen molar-refractivity contribution in [1.82, 2.24) is 20.5 Å². The number of nitrogens with zero attached hydrogens (tertiary/aromatic N) is 3. The highest BCUT2D eigenvalue weighted by molar-refractivity contribution is 14.0. The van der Waals surface area contributed by atoms with Gasteiger partial charge in [-0.05, 0) is 36.5 Å². The van der Waals surface area contributed by atoms with Gasteiger partial charge in [-0.1, -0.05) is 13.8 Å². The molecule has 1 saturated heterocycles. The summed E-state index contributed by atoms with van der Waals surface area (Å²) in [5, 5.41) is 6.91. The van der Waals surface area contributed by atoms with Gasteiger partial charge in [0.2, 0.25) is 0 Å². The lowest BCUT2D eigenvalue weighted by Gasteiger charge is -2.37. The molecule has 2 heterocycles. The summed E-state index contributed by atoms with van der Waals surface area (Å²) in [5.41, 5.74) is 2.56. The van der Waals surface area contributed by atoms with Gasteiger partial charge in [-0.25, -0.2) is 0 Å². The molecule has 1 aromatic heterocycles. The molecular weight excluding hydrogens is 441 g/mol. The molecule has 1 fully saturated rings. The quantitative estimate of drug-likeness (QED) is 0.359. The van der Waals surface area contributed by atoms with Crippen LogP contribution in [0.1, 0.15) is 25.0 Å². The summed E-state index contributed by atoms with van der Waals surface area (Å²) < 4.78 is 5.48.